The Balaban J connectivity index is 2.14. The number of thioether (sulfide) groups is 1. The Labute approximate surface area is 175 Å². The highest BCUT2D eigenvalue weighted by Gasteiger charge is 2.41. The van der Waals surface area contributed by atoms with Crippen molar-refractivity contribution in [3.05, 3.63) is 35.0 Å². The standard InChI is InChI=1S/C21H26N2O5S/c1-5-26-15-9-8-14(12-16(15)27-6-2)19-18(20(25)28-7-3)13(4)22-21-23(19)17(24)10-11-29-21/h8-9,12,19H,5-7,10-11H2,1-4H3/t19-/m1/s1. The number of aliphatic imine (C=N–C) groups is 1. The summed E-state index contributed by atoms with van der Waals surface area (Å²) in [5, 5.41) is 0.614. The van der Waals surface area contributed by atoms with Crippen molar-refractivity contribution in [2.45, 2.75) is 40.2 Å². The molecule has 0 aromatic heterocycles. The molecule has 7 nitrogen and oxygen atoms in total. The van der Waals surface area contributed by atoms with Crippen LogP contribution in [0.1, 0.15) is 45.7 Å². The molecule has 2 heterocycles. The number of carbonyl (C=O) groups is 2. The molecule has 0 N–H and O–H groups in total. The normalized spacial score (nSPS) is 18.9. The van der Waals surface area contributed by atoms with Crippen LogP contribution in [-0.4, -0.2) is 47.5 Å². The van der Waals surface area contributed by atoms with Crippen LogP contribution >= 0.6 is 11.8 Å². The molecule has 1 atom stereocenters. The predicted molar refractivity (Wildman–Crippen MR) is 112 cm³/mol. The van der Waals surface area contributed by atoms with Gasteiger partial charge in [-0.15, -0.1) is 0 Å². The third-order valence-corrected chi connectivity index (χ3v) is 5.54. The summed E-state index contributed by atoms with van der Waals surface area (Å²) in [4.78, 5) is 31.8. The van der Waals surface area contributed by atoms with Crippen LogP contribution in [0.4, 0.5) is 0 Å². The van der Waals surface area contributed by atoms with E-state index in [9.17, 15) is 9.59 Å². The van der Waals surface area contributed by atoms with E-state index in [4.69, 9.17) is 14.2 Å². The quantitative estimate of drug-likeness (QED) is 0.629. The molecule has 156 valence electrons. The number of carbonyl (C=O) groups excluding carboxylic acids is 2. The first-order valence-corrected chi connectivity index (χ1v) is 10.8. The Kier molecular flexibility index (Phi) is 6.84. The van der Waals surface area contributed by atoms with Gasteiger partial charge in [0, 0.05) is 12.2 Å². The van der Waals surface area contributed by atoms with Gasteiger partial charge in [-0.1, -0.05) is 17.8 Å². The number of benzene rings is 1. The van der Waals surface area contributed by atoms with Gasteiger partial charge in [0.2, 0.25) is 5.91 Å². The number of rotatable bonds is 7. The summed E-state index contributed by atoms with van der Waals surface area (Å²) in [6.45, 7) is 8.56. The van der Waals surface area contributed by atoms with Gasteiger partial charge in [-0.05, 0) is 45.4 Å². The zero-order valence-corrected chi connectivity index (χ0v) is 18.0. The van der Waals surface area contributed by atoms with Crippen molar-refractivity contribution in [1.82, 2.24) is 4.90 Å². The van der Waals surface area contributed by atoms with Crippen LogP contribution in [0.5, 0.6) is 11.5 Å². The Morgan fingerprint density at radius 3 is 2.59 bits per heavy atom. The summed E-state index contributed by atoms with van der Waals surface area (Å²) < 4.78 is 16.7. The lowest BCUT2D eigenvalue weighted by Gasteiger charge is -2.39. The molecule has 1 aromatic carbocycles. The van der Waals surface area contributed by atoms with Crippen molar-refractivity contribution in [3.8, 4) is 11.5 Å². The number of hydrogen-bond donors (Lipinski definition) is 0. The van der Waals surface area contributed by atoms with Gasteiger partial charge >= 0.3 is 5.97 Å². The highest BCUT2D eigenvalue weighted by molar-refractivity contribution is 8.14. The Bertz CT molecular complexity index is 865. The van der Waals surface area contributed by atoms with Gasteiger partial charge in [-0.2, -0.15) is 0 Å². The van der Waals surface area contributed by atoms with Crippen molar-refractivity contribution in [3.63, 3.8) is 0 Å². The maximum atomic E-state index is 12.8. The fraction of sp³-hybridized carbons (Fsp3) is 0.476. The van der Waals surface area contributed by atoms with Crippen molar-refractivity contribution < 1.29 is 23.8 Å². The maximum Gasteiger partial charge on any atom is 0.338 e. The first kappa shape index (κ1) is 21.2. The second-order valence-corrected chi connectivity index (χ2v) is 7.51. The molecule has 0 aliphatic carbocycles. The Morgan fingerprint density at radius 1 is 1.17 bits per heavy atom. The maximum absolute atomic E-state index is 12.8. The Hall–Kier alpha value is -2.48. The zero-order chi connectivity index (χ0) is 21.0. The number of nitrogens with zero attached hydrogens (tertiary/aromatic N) is 2. The monoisotopic (exact) mass is 418 g/mol. The second-order valence-electron chi connectivity index (χ2n) is 6.45. The minimum Gasteiger partial charge on any atom is -0.490 e. The first-order chi connectivity index (χ1) is 14.0. The van der Waals surface area contributed by atoms with Crippen LogP contribution in [-0.2, 0) is 14.3 Å². The number of fused-ring (bicyclic) bond motifs is 1. The highest BCUT2D eigenvalue weighted by Crippen LogP contribution is 2.42. The van der Waals surface area contributed by atoms with Gasteiger partial charge in [-0.25, -0.2) is 9.79 Å². The molecule has 1 aromatic rings. The van der Waals surface area contributed by atoms with E-state index >= 15 is 0 Å². The van der Waals surface area contributed by atoms with E-state index < -0.39 is 12.0 Å². The smallest absolute Gasteiger partial charge is 0.338 e. The van der Waals surface area contributed by atoms with Gasteiger partial charge < -0.3 is 14.2 Å². The summed E-state index contributed by atoms with van der Waals surface area (Å²) >= 11 is 1.52. The molecule has 1 saturated heterocycles. The van der Waals surface area contributed by atoms with Gasteiger partial charge in [0.1, 0.15) is 0 Å². The molecular formula is C21H26N2O5S. The van der Waals surface area contributed by atoms with E-state index in [0.717, 1.165) is 5.56 Å². The van der Waals surface area contributed by atoms with Gasteiger partial charge in [-0.3, -0.25) is 9.69 Å². The predicted octanol–water partition coefficient (Wildman–Crippen LogP) is 3.70. The zero-order valence-electron chi connectivity index (χ0n) is 17.2. The van der Waals surface area contributed by atoms with E-state index in [2.05, 4.69) is 4.99 Å². The van der Waals surface area contributed by atoms with E-state index in [1.807, 2.05) is 32.0 Å². The minimum absolute atomic E-state index is 0.0614. The van der Waals surface area contributed by atoms with E-state index in [1.165, 1.54) is 11.8 Å². The third kappa shape index (κ3) is 4.27. The lowest BCUT2D eigenvalue weighted by molar-refractivity contribution is -0.139. The van der Waals surface area contributed by atoms with Crippen LogP contribution in [0.15, 0.2) is 34.5 Å². The van der Waals surface area contributed by atoms with Crippen molar-refractivity contribution in [2.24, 2.45) is 4.99 Å². The third-order valence-electron chi connectivity index (χ3n) is 4.59. The molecule has 2 aliphatic heterocycles. The highest BCUT2D eigenvalue weighted by atomic mass is 32.2. The number of esters is 1. The Morgan fingerprint density at radius 2 is 1.90 bits per heavy atom. The molecule has 2 aliphatic rings. The summed E-state index contributed by atoms with van der Waals surface area (Å²) in [5.41, 5.74) is 1.69. The number of ether oxygens (including phenoxy) is 3. The van der Waals surface area contributed by atoms with E-state index in [-0.39, 0.29) is 12.5 Å². The summed E-state index contributed by atoms with van der Waals surface area (Å²) in [6, 6.07) is 4.90. The van der Waals surface area contributed by atoms with Crippen LogP contribution in [0, 0.1) is 0 Å². The van der Waals surface area contributed by atoms with E-state index in [1.54, 1.807) is 18.7 Å². The van der Waals surface area contributed by atoms with Crippen LogP contribution in [0.2, 0.25) is 0 Å². The van der Waals surface area contributed by atoms with Crippen LogP contribution < -0.4 is 9.47 Å². The molecule has 0 unspecified atom stereocenters. The molecule has 8 heteroatoms. The van der Waals surface area contributed by atoms with Gasteiger partial charge in [0.05, 0.1) is 37.1 Å². The van der Waals surface area contributed by atoms with Crippen molar-refractivity contribution >= 4 is 28.8 Å². The number of amidine groups is 1. The van der Waals surface area contributed by atoms with Crippen LogP contribution in [0.25, 0.3) is 0 Å². The lowest BCUT2D eigenvalue weighted by atomic mass is 9.94. The fourth-order valence-electron chi connectivity index (χ4n) is 3.42. The average Bonchev–Trinajstić information content (AvgIpc) is 2.69. The molecule has 29 heavy (non-hydrogen) atoms. The van der Waals surface area contributed by atoms with Gasteiger partial charge in [0.15, 0.2) is 16.7 Å². The summed E-state index contributed by atoms with van der Waals surface area (Å²) in [5.74, 6) is 1.35. The second kappa shape index (κ2) is 9.35. The fourth-order valence-corrected chi connectivity index (χ4v) is 4.43. The largest absolute Gasteiger partial charge is 0.490 e. The average molecular weight is 419 g/mol. The van der Waals surface area contributed by atoms with Gasteiger partial charge in [0.25, 0.3) is 0 Å². The number of hydrogen-bond acceptors (Lipinski definition) is 7. The van der Waals surface area contributed by atoms with Crippen molar-refractivity contribution in [1.29, 1.82) is 0 Å². The first-order valence-electron chi connectivity index (χ1n) is 9.82. The molecule has 3 rings (SSSR count). The molecule has 1 fully saturated rings. The topological polar surface area (TPSA) is 77.4 Å². The summed E-state index contributed by atoms with van der Waals surface area (Å²) in [7, 11) is 0. The SMILES string of the molecule is CCOC(=O)C1=C(C)N=C2SCCC(=O)N2[C@@H]1c1ccc(OCC)c(OCC)c1. The molecular weight excluding hydrogens is 392 g/mol. The molecule has 0 radical (unpaired) electrons. The lowest BCUT2D eigenvalue weighted by Crippen LogP contribution is -2.45. The van der Waals surface area contributed by atoms with Crippen molar-refractivity contribution in [2.75, 3.05) is 25.6 Å². The molecule has 1 amide bonds. The summed E-state index contributed by atoms with van der Waals surface area (Å²) in [6.07, 6.45) is 0.394. The number of allylic oxidation sites excluding steroid dienone is 1. The molecule has 0 spiro atoms. The van der Waals surface area contributed by atoms with Crippen LogP contribution in [0.3, 0.4) is 0 Å². The molecule has 0 bridgehead atoms. The minimum atomic E-state index is -0.614. The van der Waals surface area contributed by atoms with E-state index in [0.29, 0.717) is 53.3 Å². The molecule has 0 saturated carbocycles. The number of amides is 1.